The van der Waals surface area contributed by atoms with Gasteiger partial charge in [-0.2, -0.15) is 5.48 Å². The summed E-state index contributed by atoms with van der Waals surface area (Å²) in [6.07, 6.45) is 2.79. The van der Waals surface area contributed by atoms with Crippen LogP contribution in [0.3, 0.4) is 0 Å². The number of hydrogen-bond donors (Lipinski definition) is 1. The van der Waals surface area contributed by atoms with Gasteiger partial charge in [-0.3, -0.25) is 4.98 Å². The van der Waals surface area contributed by atoms with Crippen LogP contribution in [0.15, 0.2) is 18.5 Å². The zero-order valence-corrected chi connectivity index (χ0v) is 7.75. The first-order valence-electron chi connectivity index (χ1n) is 4.21. The van der Waals surface area contributed by atoms with Crippen molar-refractivity contribution in [1.82, 2.24) is 10.5 Å². The topological polar surface area (TPSA) is 34.1 Å². The van der Waals surface area contributed by atoms with Crippen molar-refractivity contribution in [2.75, 3.05) is 6.61 Å². The molecule has 0 saturated carbocycles. The maximum atomic E-state index is 12.7. The fraction of sp³-hybridized carbons (Fsp3) is 0.444. The second kappa shape index (κ2) is 4.89. The molecule has 1 unspecified atom stereocenters. The largest absolute Gasteiger partial charge is 0.302 e. The normalized spacial score (nSPS) is 12.8. The Kier molecular flexibility index (Phi) is 3.79. The summed E-state index contributed by atoms with van der Waals surface area (Å²) in [7, 11) is 0. The number of pyridine rings is 1. The molecule has 1 atom stereocenters. The van der Waals surface area contributed by atoms with Crippen molar-refractivity contribution in [3.8, 4) is 0 Å². The van der Waals surface area contributed by atoms with Gasteiger partial charge < -0.3 is 4.84 Å². The van der Waals surface area contributed by atoms with Crippen molar-refractivity contribution in [3.05, 3.63) is 29.8 Å². The molecule has 0 amide bonds. The number of rotatable bonds is 4. The maximum absolute atomic E-state index is 12.7. The Morgan fingerprint density at radius 1 is 1.62 bits per heavy atom. The van der Waals surface area contributed by atoms with Gasteiger partial charge in [0.05, 0.1) is 18.8 Å². The summed E-state index contributed by atoms with van der Waals surface area (Å²) in [4.78, 5) is 8.73. The van der Waals surface area contributed by atoms with E-state index in [-0.39, 0.29) is 11.9 Å². The van der Waals surface area contributed by atoms with E-state index >= 15 is 0 Å². The van der Waals surface area contributed by atoms with Gasteiger partial charge in [-0.15, -0.1) is 0 Å². The number of aromatic nitrogens is 1. The molecule has 0 spiro atoms. The van der Waals surface area contributed by atoms with Crippen LogP contribution in [-0.4, -0.2) is 11.6 Å². The fourth-order valence-corrected chi connectivity index (χ4v) is 0.941. The van der Waals surface area contributed by atoms with Crippen molar-refractivity contribution in [1.29, 1.82) is 0 Å². The molecule has 0 aliphatic rings. The van der Waals surface area contributed by atoms with Crippen LogP contribution in [0.1, 0.15) is 25.5 Å². The van der Waals surface area contributed by atoms with E-state index in [2.05, 4.69) is 10.5 Å². The van der Waals surface area contributed by atoms with Gasteiger partial charge in [0.1, 0.15) is 5.82 Å². The van der Waals surface area contributed by atoms with Gasteiger partial charge in [-0.1, -0.05) is 0 Å². The van der Waals surface area contributed by atoms with Crippen molar-refractivity contribution < 1.29 is 9.23 Å². The number of hydrogen-bond acceptors (Lipinski definition) is 3. The number of hydroxylamine groups is 1. The number of halogens is 1. The van der Waals surface area contributed by atoms with Gasteiger partial charge in [0.25, 0.3) is 0 Å². The first-order valence-corrected chi connectivity index (χ1v) is 4.21. The first kappa shape index (κ1) is 10.1. The Bertz CT molecular complexity index is 268. The lowest BCUT2D eigenvalue weighted by atomic mass is 10.1. The SMILES string of the molecule is CCONC(C)c1cncc(F)c1. The van der Waals surface area contributed by atoms with Gasteiger partial charge in [-0.05, 0) is 25.5 Å². The minimum atomic E-state index is -0.331. The van der Waals surface area contributed by atoms with Crippen LogP contribution in [0.2, 0.25) is 0 Å². The molecule has 4 heteroatoms. The van der Waals surface area contributed by atoms with Gasteiger partial charge in [0.2, 0.25) is 0 Å². The van der Waals surface area contributed by atoms with Gasteiger partial charge >= 0.3 is 0 Å². The van der Waals surface area contributed by atoms with E-state index < -0.39 is 0 Å². The summed E-state index contributed by atoms with van der Waals surface area (Å²) in [6.45, 7) is 4.34. The highest BCUT2D eigenvalue weighted by atomic mass is 19.1. The van der Waals surface area contributed by atoms with Gasteiger partial charge in [-0.25, -0.2) is 4.39 Å². The highest BCUT2D eigenvalue weighted by Gasteiger charge is 2.05. The first-order chi connectivity index (χ1) is 6.24. The van der Waals surface area contributed by atoms with Crippen molar-refractivity contribution in [2.45, 2.75) is 19.9 Å². The average molecular weight is 184 g/mol. The molecule has 72 valence electrons. The molecular formula is C9H13FN2O. The third-order valence-electron chi connectivity index (χ3n) is 1.63. The molecule has 0 aliphatic heterocycles. The molecule has 13 heavy (non-hydrogen) atoms. The highest BCUT2D eigenvalue weighted by Crippen LogP contribution is 2.11. The van der Waals surface area contributed by atoms with E-state index in [1.54, 1.807) is 6.20 Å². The molecule has 1 heterocycles. The molecular weight excluding hydrogens is 171 g/mol. The van der Waals surface area contributed by atoms with Crippen LogP contribution < -0.4 is 5.48 Å². The molecule has 0 aromatic carbocycles. The van der Waals surface area contributed by atoms with E-state index in [4.69, 9.17) is 4.84 Å². The summed E-state index contributed by atoms with van der Waals surface area (Å²) in [6, 6.07) is 1.38. The summed E-state index contributed by atoms with van der Waals surface area (Å²) in [5.41, 5.74) is 3.54. The molecule has 1 N–H and O–H groups in total. The summed E-state index contributed by atoms with van der Waals surface area (Å²) in [5.74, 6) is -0.331. The lowest BCUT2D eigenvalue weighted by Crippen LogP contribution is -2.19. The summed E-state index contributed by atoms with van der Waals surface area (Å²) >= 11 is 0. The second-order valence-corrected chi connectivity index (χ2v) is 2.71. The Morgan fingerprint density at radius 2 is 2.38 bits per heavy atom. The molecule has 0 aliphatic carbocycles. The Hall–Kier alpha value is -1.00. The number of nitrogens with one attached hydrogen (secondary N) is 1. The van der Waals surface area contributed by atoms with Crippen molar-refractivity contribution >= 4 is 0 Å². The van der Waals surface area contributed by atoms with Crippen LogP contribution in [0, 0.1) is 5.82 Å². The zero-order valence-electron chi connectivity index (χ0n) is 7.75. The molecule has 0 bridgehead atoms. The molecule has 3 nitrogen and oxygen atoms in total. The Morgan fingerprint density at radius 3 is 3.00 bits per heavy atom. The lowest BCUT2D eigenvalue weighted by molar-refractivity contribution is 0.0283. The minimum absolute atomic E-state index is 0.0526. The van der Waals surface area contributed by atoms with Crippen LogP contribution >= 0.6 is 0 Å². The van der Waals surface area contributed by atoms with Crippen molar-refractivity contribution in [3.63, 3.8) is 0 Å². The van der Waals surface area contributed by atoms with E-state index in [0.717, 1.165) is 5.56 Å². The number of nitrogens with zero attached hydrogens (tertiary/aromatic N) is 1. The zero-order chi connectivity index (χ0) is 9.68. The quantitative estimate of drug-likeness (QED) is 0.725. The molecule has 0 radical (unpaired) electrons. The predicted molar refractivity (Wildman–Crippen MR) is 47.4 cm³/mol. The smallest absolute Gasteiger partial charge is 0.141 e. The van der Waals surface area contributed by atoms with Gasteiger partial charge in [0, 0.05) is 6.20 Å². The Labute approximate surface area is 76.9 Å². The predicted octanol–water partition coefficient (Wildman–Crippen LogP) is 1.82. The molecule has 1 rings (SSSR count). The standard InChI is InChI=1S/C9H13FN2O/c1-3-13-12-7(2)8-4-9(10)6-11-5-8/h4-7,12H,3H2,1-2H3. The summed E-state index contributed by atoms with van der Waals surface area (Å²) in [5, 5.41) is 0. The van der Waals surface area contributed by atoms with Crippen LogP contribution in [0.25, 0.3) is 0 Å². The van der Waals surface area contributed by atoms with Crippen LogP contribution in [0.4, 0.5) is 4.39 Å². The Balaban J connectivity index is 2.60. The highest BCUT2D eigenvalue weighted by molar-refractivity contribution is 5.13. The monoisotopic (exact) mass is 184 g/mol. The van der Waals surface area contributed by atoms with E-state index in [0.29, 0.717) is 6.61 Å². The van der Waals surface area contributed by atoms with Crippen LogP contribution in [-0.2, 0) is 4.84 Å². The third kappa shape index (κ3) is 3.08. The fourth-order valence-electron chi connectivity index (χ4n) is 0.941. The maximum Gasteiger partial charge on any atom is 0.141 e. The second-order valence-electron chi connectivity index (χ2n) is 2.71. The molecule has 1 aromatic rings. The third-order valence-corrected chi connectivity index (χ3v) is 1.63. The molecule has 1 aromatic heterocycles. The van der Waals surface area contributed by atoms with E-state index in [1.807, 2.05) is 13.8 Å². The minimum Gasteiger partial charge on any atom is -0.302 e. The molecule has 0 saturated heterocycles. The molecule has 0 fully saturated rings. The van der Waals surface area contributed by atoms with E-state index in [1.165, 1.54) is 12.3 Å². The average Bonchev–Trinajstić information content (AvgIpc) is 2.14. The van der Waals surface area contributed by atoms with Gasteiger partial charge in [0.15, 0.2) is 0 Å². The lowest BCUT2D eigenvalue weighted by Gasteiger charge is -2.12. The summed E-state index contributed by atoms with van der Waals surface area (Å²) < 4.78 is 12.7. The van der Waals surface area contributed by atoms with Crippen LogP contribution in [0.5, 0.6) is 0 Å². The van der Waals surface area contributed by atoms with Crippen molar-refractivity contribution in [2.24, 2.45) is 0 Å². The van der Waals surface area contributed by atoms with E-state index in [9.17, 15) is 4.39 Å².